The maximum atomic E-state index is 14.0. The molecule has 11 nitrogen and oxygen atoms in total. The van der Waals surface area contributed by atoms with Gasteiger partial charge in [-0.2, -0.15) is 0 Å². The molecule has 1 unspecified atom stereocenters. The number of aliphatic hydroxyl groups excluding tert-OH is 2. The second-order valence-electron chi connectivity index (χ2n) is 12.3. The van der Waals surface area contributed by atoms with Crippen molar-refractivity contribution >= 4 is 28.9 Å². The molecule has 1 aromatic rings. The van der Waals surface area contributed by atoms with Crippen LogP contribution in [0.4, 0.5) is 5.69 Å². The van der Waals surface area contributed by atoms with Crippen molar-refractivity contribution in [1.82, 2.24) is 10.2 Å². The van der Waals surface area contributed by atoms with Crippen LogP contribution in [-0.2, 0) is 27.3 Å². The number of primary amides is 1. The van der Waals surface area contributed by atoms with Gasteiger partial charge in [0.15, 0.2) is 11.4 Å². The van der Waals surface area contributed by atoms with Crippen LogP contribution >= 0.6 is 0 Å². The van der Waals surface area contributed by atoms with E-state index in [4.69, 9.17) is 5.73 Å². The Morgan fingerprint density at radius 1 is 1.20 bits per heavy atom. The molecule has 4 rings (SSSR count). The number of hydrogen-bond acceptors (Lipinski definition) is 10. The minimum Gasteiger partial charge on any atom is -0.507 e. The number of likely N-dealkylation sites (N-methyl/N-ethyl adjacent to an activating group) is 1. The van der Waals surface area contributed by atoms with E-state index in [1.54, 1.807) is 19.0 Å². The molecule has 0 radical (unpaired) electrons. The first kappa shape index (κ1) is 30.0. The van der Waals surface area contributed by atoms with Crippen LogP contribution in [0, 0.1) is 23.7 Å². The lowest BCUT2D eigenvalue weighted by Gasteiger charge is -2.53. The Hall–Kier alpha value is -2.99. The minimum absolute atomic E-state index is 0.0876. The van der Waals surface area contributed by atoms with Gasteiger partial charge in [0.25, 0.3) is 0 Å². The van der Waals surface area contributed by atoms with E-state index < -0.39 is 58.7 Å². The number of benzene rings is 1. The highest BCUT2D eigenvalue weighted by molar-refractivity contribution is 6.25. The number of amides is 1. The van der Waals surface area contributed by atoms with Gasteiger partial charge in [0, 0.05) is 49.4 Å². The molecule has 0 heterocycles. The Balaban J connectivity index is 1.85. The van der Waals surface area contributed by atoms with Gasteiger partial charge in [-0.25, -0.2) is 0 Å². The summed E-state index contributed by atoms with van der Waals surface area (Å²) in [4.78, 5) is 43.2. The minimum atomic E-state index is -2.67. The molecule has 11 heteroatoms. The number of aliphatic hydroxyl groups is 3. The molecule has 6 atom stereocenters. The number of phenols is 1. The Morgan fingerprint density at radius 2 is 1.85 bits per heavy atom. The summed E-state index contributed by atoms with van der Waals surface area (Å²) in [5.41, 5.74) is 4.68. The number of ketones is 2. The van der Waals surface area contributed by atoms with Crippen molar-refractivity contribution in [2.45, 2.75) is 57.4 Å². The third-order valence-electron chi connectivity index (χ3n) is 8.84. The fourth-order valence-electron chi connectivity index (χ4n) is 6.85. The quantitative estimate of drug-likeness (QED) is 0.193. The zero-order valence-electron chi connectivity index (χ0n) is 24.1. The van der Waals surface area contributed by atoms with Gasteiger partial charge in [-0.3, -0.25) is 14.4 Å². The fraction of sp³-hybridized carbons (Fsp3) is 0.621. The number of anilines is 1. The molecule has 7 N–H and O–H groups in total. The number of fused-ring (bicyclic) bond motifs is 3. The Labute approximate surface area is 234 Å². The van der Waals surface area contributed by atoms with E-state index in [1.807, 2.05) is 25.1 Å². The Kier molecular flexibility index (Phi) is 8.07. The maximum Gasteiger partial charge on any atom is 0.230 e. The van der Waals surface area contributed by atoms with Crippen LogP contribution in [-0.4, -0.2) is 95.3 Å². The van der Waals surface area contributed by atoms with Gasteiger partial charge in [-0.1, -0.05) is 13.8 Å². The first-order valence-electron chi connectivity index (χ1n) is 13.8. The van der Waals surface area contributed by atoms with Gasteiger partial charge in [0.1, 0.15) is 17.4 Å². The average Bonchev–Trinajstić information content (AvgIpc) is 2.84. The third-order valence-corrected chi connectivity index (χ3v) is 8.84. The monoisotopic (exact) mass is 558 g/mol. The number of nitrogens with zero attached hydrogens (tertiary/aromatic N) is 2. The number of hydrogen-bond donors (Lipinski definition) is 6. The van der Waals surface area contributed by atoms with Crippen LogP contribution in [0.3, 0.4) is 0 Å². The van der Waals surface area contributed by atoms with E-state index in [-0.39, 0.29) is 29.7 Å². The van der Waals surface area contributed by atoms with Crippen molar-refractivity contribution in [3.05, 3.63) is 28.3 Å². The molecule has 40 heavy (non-hydrogen) atoms. The molecule has 0 bridgehead atoms. The summed E-state index contributed by atoms with van der Waals surface area (Å²) >= 11 is 0. The fourth-order valence-corrected chi connectivity index (χ4v) is 6.85. The number of carbonyl (C=O) groups excluding carboxylic acids is 3. The van der Waals surface area contributed by atoms with Crippen molar-refractivity contribution in [3.8, 4) is 5.75 Å². The summed E-state index contributed by atoms with van der Waals surface area (Å²) in [6.45, 7) is 5.30. The van der Waals surface area contributed by atoms with E-state index in [0.29, 0.717) is 23.6 Å². The van der Waals surface area contributed by atoms with Gasteiger partial charge in [0.2, 0.25) is 11.7 Å². The van der Waals surface area contributed by atoms with E-state index in [1.165, 1.54) is 0 Å². The molecule has 2 fully saturated rings. The highest BCUT2D eigenvalue weighted by Crippen LogP contribution is 2.53. The number of phenolic OH excluding ortho intramolecular Hbond substituents is 1. The maximum absolute atomic E-state index is 14.0. The van der Waals surface area contributed by atoms with Gasteiger partial charge >= 0.3 is 0 Å². The first-order valence-corrected chi connectivity index (χ1v) is 13.8. The van der Waals surface area contributed by atoms with E-state index in [0.717, 1.165) is 18.7 Å². The summed E-state index contributed by atoms with van der Waals surface area (Å²) in [6.07, 6.45) is -0.218. The predicted octanol–water partition coefficient (Wildman–Crippen LogP) is 0.331. The Morgan fingerprint density at radius 3 is 2.40 bits per heavy atom. The number of nitrogens with one attached hydrogen (secondary N) is 1. The van der Waals surface area contributed by atoms with Gasteiger partial charge in [-0.15, -0.1) is 0 Å². The lowest BCUT2D eigenvalue weighted by Crippen LogP contribution is -2.73. The molecule has 220 valence electrons. The van der Waals surface area contributed by atoms with Crippen LogP contribution in [0.1, 0.15) is 43.4 Å². The highest BCUT2D eigenvalue weighted by atomic mass is 16.3. The number of Topliss-reactive ketones (excluding diaryl/α,β-unsaturated/α-hetero) is 2. The molecule has 1 amide bonds. The van der Waals surface area contributed by atoms with Gasteiger partial charge < -0.3 is 41.3 Å². The van der Waals surface area contributed by atoms with Crippen LogP contribution < -0.4 is 16.0 Å². The van der Waals surface area contributed by atoms with Crippen LogP contribution in [0.25, 0.3) is 5.76 Å². The summed E-state index contributed by atoms with van der Waals surface area (Å²) in [7, 11) is 6.97. The molecule has 0 spiro atoms. The standard InChI is InChI=1S/C29H42N4O7/c1-13(2)7-8-31-12-15-11-18(32(3)4)16-9-14-10-17-22(33(5)6)25(36)21(28(30)39)27(38)29(17,40)26(37)19(14)24(35)20(16)23(15)34/h11,13-14,17,21-22,25,31,34-36,40H,7-10,12H2,1-6H3,(H2,30,39)/t14-,17-,21+,22-,25?,29-/m0/s1. The molecule has 0 aliphatic heterocycles. The van der Waals surface area contributed by atoms with E-state index >= 15 is 0 Å². The largest absolute Gasteiger partial charge is 0.507 e. The number of aromatic hydroxyl groups is 1. The normalized spacial score (nSPS) is 29.9. The van der Waals surface area contributed by atoms with Gasteiger partial charge in [0.05, 0.1) is 11.7 Å². The second-order valence-corrected chi connectivity index (χ2v) is 12.3. The highest BCUT2D eigenvalue weighted by Gasteiger charge is 2.67. The van der Waals surface area contributed by atoms with Crippen molar-refractivity contribution in [1.29, 1.82) is 0 Å². The predicted molar refractivity (Wildman–Crippen MR) is 150 cm³/mol. The molecule has 0 saturated heterocycles. The first-order chi connectivity index (χ1) is 18.6. The summed E-state index contributed by atoms with van der Waals surface area (Å²) < 4.78 is 0. The van der Waals surface area contributed by atoms with Crippen LogP contribution in [0.2, 0.25) is 0 Å². The SMILES string of the molecule is CC(C)CCNCc1cc(N(C)C)c2c(c1O)C(O)=C1C(=O)[C@]3(O)C(=O)[C@H](C(N)=O)C(O)[C@@H](N(C)C)[C@@H]3C[C@@H]1C2. The van der Waals surface area contributed by atoms with Crippen molar-refractivity contribution < 1.29 is 34.8 Å². The van der Waals surface area contributed by atoms with Crippen molar-refractivity contribution in [2.75, 3.05) is 39.6 Å². The smallest absolute Gasteiger partial charge is 0.230 e. The summed E-state index contributed by atoms with van der Waals surface area (Å²) in [6, 6.07) is 0.944. The number of rotatable bonds is 8. The lowest BCUT2D eigenvalue weighted by molar-refractivity contribution is -0.184. The number of nitrogens with two attached hydrogens (primary N) is 1. The molecule has 3 aliphatic rings. The lowest BCUT2D eigenvalue weighted by atomic mass is 9.54. The van der Waals surface area contributed by atoms with E-state index in [9.17, 15) is 34.8 Å². The second kappa shape index (κ2) is 10.8. The zero-order chi connectivity index (χ0) is 29.8. The molecule has 2 saturated carbocycles. The van der Waals surface area contributed by atoms with Crippen molar-refractivity contribution in [3.63, 3.8) is 0 Å². The third kappa shape index (κ3) is 4.58. The molecular weight excluding hydrogens is 516 g/mol. The van der Waals surface area contributed by atoms with E-state index in [2.05, 4.69) is 19.2 Å². The molecule has 1 aromatic carbocycles. The zero-order valence-corrected chi connectivity index (χ0v) is 24.1. The summed E-state index contributed by atoms with van der Waals surface area (Å²) in [5, 5.41) is 49.0. The Bertz CT molecular complexity index is 1260. The number of carbonyl (C=O) groups is 3. The van der Waals surface area contributed by atoms with Crippen LogP contribution in [0.15, 0.2) is 11.6 Å². The molecule has 0 aromatic heterocycles. The van der Waals surface area contributed by atoms with Gasteiger partial charge in [-0.05, 0) is 63.4 Å². The molecular formula is C29H42N4O7. The topological polar surface area (TPSA) is 177 Å². The molecule has 3 aliphatic carbocycles. The summed E-state index contributed by atoms with van der Waals surface area (Å²) in [5.74, 6) is -6.89. The average molecular weight is 559 g/mol. The van der Waals surface area contributed by atoms with Crippen LogP contribution in [0.5, 0.6) is 5.75 Å². The van der Waals surface area contributed by atoms with Crippen molar-refractivity contribution in [2.24, 2.45) is 29.4 Å².